The highest BCUT2D eigenvalue weighted by atomic mass is 32.2. The largest absolute Gasteiger partial charge is 0.360 e. The van der Waals surface area contributed by atoms with E-state index in [0.29, 0.717) is 5.75 Å². The smallest absolute Gasteiger partial charge is 0.231 e. The van der Waals surface area contributed by atoms with Gasteiger partial charge in [-0.1, -0.05) is 66.4 Å². The molecule has 0 fully saturated rings. The summed E-state index contributed by atoms with van der Waals surface area (Å²) < 4.78 is 0.797. The molecule has 1 aromatic carbocycles. The zero-order chi connectivity index (χ0) is 18.2. The molecule has 0 aliphatic carbocycles. The molecule has 2 heterocycles. The number of amides is 1. The van der Waals surface area contributed by atoms with Gasteiger partial charge in [0.05, 0.1) is 11.8 Å². The van der Waals surface area contributed by atoms with Gasteiger partial charge in [0.25, 0.3) is 0 Å². The lowest BCUT2D eigenvalue weighted by Gasteiger charge is -2.17. The Balaban J connectivity index is 1.59. The summed E-state index contributed by atoms with van der Waals surface area (Å²) in [5.74, 6) is 0.299. The zero-order valence-electron chi connectivity index (χ0n) is 14.3. The summed E-state index contributed by atoms with van der Waals surface area (Å²) in [6.45, 7) is 2.98. The lowest BCUT2D eigenvalue weighted by atomic mass is 10.1. The van der Waals surface area contributed by atoms with E-state index < -0.39 is 0 Å². The van der Waals surface area contributed by atoms with Crippen LogP contribution in [0.15, 0.2) is 52.2 Å². The maximum Gasteiger partial charge on any atom is 0.231 e. The summed E-state index contributed by atoms with van der Waals surface area (Å²) in [6.07, 6.45) is 1.04. The number of anilines is 1. The van der Waals surface area contributed by atoms with E-state index in [2.05, 4.69) is 27.8 Å². The van der Waals surface area contributed by atoms with Gasteiger partial charge in [-0.15, -0.1) is 21.5 Å². The number of nitrogens with one attached hydrogen (secondary N) is 2. The van der Waals surface area contributed by atoms with Crippen LogP contribution in [0.3, 0.4) is 0 Å². The molecule has 0 saturated carbocycles. The van der Waals surface area contributed by atoms with Crippen molar-refractivity contribution in [1.82, 2.24) is 15.5 Å². The fourth-order valence-corrected chi connectivity index (χ4v) is 4.71. The van der Waals surface area contributed by atoms with E-state index in [-0.39, 0.29) is 11.9 Å². The maximum atomic E-state index is 12.5. The summed E-state index contributed by atoms with van der Waals surface area (Å²) in [5.41, 5.74) is 1.08. The third-order valence-corrected chi connectivity index (χ3v) is 6.48. The molecule has 1 amide bonds. The normalized spacial score (nSPS) is 11.9. The Morgan fingerprint density at radius 3 is 2.77 bits per heavy atom. The van der Waals surface area contributed by atoms with E-state index in [1.54, 1.807) is 11.3 Å². The summed E-state index contributed by atoms with van der Waals surface area (Å²) in [4.78, 5) is 13.6. The third kappa shape index (κ3) is 5.30. The Kier molecular flexibility index (Phi) is 7.04. The number of rotatable bonds is 9. The first-order valence-electron chi connectivity index (χ1n) is 8.34. The van der Waals surface area contributed by atoms with Crippen molar-refractivity contribution in [2.75, 3.05) is 17.6 Å². The second-order valence-corrected chi connectivity index (χ2v) is 8.69. The summed E-state index contributed by atoms with van der Waals surface area (Å²) >= 11 is 4.54. The topological polar surface area (TPSA) is 66.9 Å². The highest BCUT2D eigenvalue weighted by Crippen LogP contribution is 2.28. The van der Waals surface area contributed by atoms with Crippen LogP contribution < -0.4 is 10.6 Å². The number of hydrogen-bond donors (Lipinski definition) is 2. The minimum absolute atomic E-state index is 0.0180. The molecule has 26 heavy (non-hydrogen) atoms. The lowest BCUT2D eigenvalue weighted by Crippen LogP contribution is -2.30. The van der Waals surface area contributed by atoms with Crippen molar-refractivity contribution < 1.29 is 4.79 Å². The molecule has 0 saturated heterocycles. The van der Waals surface area contributed by atoms with E-state index in [1.807, 2.05) is 47.8 Å². The molecule has 0 unspecified atom stereocenters. The first kappa shape index (κ1) is 18.9. The third-order valence-electron chi connectivity index (χ3n) is 3.53. The van der Waals surface area contributed by atoms with Crippen LogP contribution in [0.1, 0.15) is 29.8 Å². The fraction of sp³-hybridized carbons (Fsp3) is 0.278. The van der Waals surface area contributed by atoms with Crippen molar-refractivity contribution in [3.63, 3.8) is 0 Å². The average molecular weight is 405 g/mol. The number of benzene rings is 1. The fourth-order valence-electron chi connectivity index (χ4n) is 2.32. The van der Waals surface area contributed by atoms with Crippen molar-refractivity contribution in [2.24, 2.45) is 0 Å². The molecule has 0 bridgehead atoms. The molecule has 0 aliphatic rings. The van der Waals surface area contributed by atoms with Gasteiger partial charge in [-0.3, -0.25) is 4.79 Å². The standard InChI is InChI=1S/C18H20N4OS3/c1-2-10-19-17-21-22-18(26-17)25-12-15(23)20-16(14-9-6-11-24-14)13-7-4-3-5-8-13/h3-9,11,16H,2,10,12H2,1H3,(H,19,21)(H,20,23)/t16-/m1/s1. The monoisotopic (exact) mass is 404 g/mol. The molecule has 3 aromatic rings. The van der Waals surface area contributed by atoms with E-state index in [4.69, 9.17) is 0 Å². The van der Waals surface area contributed by atoms with Gasteiger partial charge >= 0.3 is 0 Å². The Labute approximate surface area is 165 Å². The van der Waals surface area contributed by atoms with Crippen LogP contribution in [-0.2, 0) is 4.79 Å². The van der Waals surface area contributed by atoms with Gasteiger partial charge in [-0.25, -0.2) is 0 Å². The SMILES string of the molecule is CCCNc1nnc(SCC(=O)N[C@H](c2ccccc2)c2cccs2)s1. The Hall–Kier alpha value is -1.90. The van der Waals surface area contributed by atoms with Crippen molar-refractivity contribution in [1.29, 1.82) is 0 Å². The van der Waals surface area contributed by atoms with Gasteiger partial charge in [0.15, 0.2) is 4.34 Å². The molecule has 0 aliphatic heterocycles. The molecule has 5 nitrogen and oxygen atoms in total. The number of aromatic nitrogens is 2. The van der Waals surface area contributed by atoms with Gasteiger partial charge in [-0.05, 0) is 23.4 Å². The van der Waals surface area contributed by atoms with Crippen molar-refractivity contribution in [3.05, 3.63) is 58.3 Å². The van der Waals surface area contributed by atoms with Gasteiger partial charge in [-0.2, -0.15) is 0 Å². The molecule has 0 spiro atoms. The minimum atomic E-state index is -0.125. The molecule has 3 rings (SSSR count). The van der Waals surface area contributed by atoms with Gasteiger partial charge in [0.1, 0.15) is 0 Å². The van der Waals surface area contributed by atoms with Crippen LogP contribution in [0.2, 0.25) is 0 Å². The molecule has 0 radical (unpaired) electrons. The number of thiophene rings is 1. The lowest BCUT2D eigenvalue weighted by molar-refractivity contribution is -0.119. The molecular formula is C18H20N4OS3. The predicted octanol–water partition coefficient (Wildman–Crippen LogP) is 4.42. The van der Waals surface area contributed by atoms with Gasteiger partial charge in [0.2, 0.25) is 11.0 Å². The zero-order valence-corrected chi connectivity index (χ0v) is 16.8. The van der Waals surface area contributed by atoms with Crippen LogP contribution in [-0.4, -0.2) is 28.4 Å². The molecule has 2 aromatic heterocycles. The highest BCUT2D eigenvalue weighted by molar-refractivity contribution is 8.01. The number of thioether (sulfide) groups is 1. The van der Waals surface area contributed by atoms with Crippen molar-refractivity contribution in [3.8, 4) is 0 Å². The van der Waals surface area contributed by atoms with Gasteiger partial charge in [0, 0.05) is 11.4 Å². The van der Waals surface area contributed by atoms with E-state index >= 15 is 0 Å². The Bertz CT molecular complexity index is 805. The quantitative estimate of drug-likeness (QED) is 0.517. The Morgan fingerprint density at radius 1 is 1.19 bits per heavy atom. The minimum Gasteiger partial charge on any atom is -0.360 e. The summed E-state index contributed by atoms with van der Waals surface area (Å²) in [6, 6.07) is 14.0. The molecule has 8 heteroatoms. The van der Waals surface area contributed by atoms with E-state index in [1.165, 1.54) is 23.1 Å². The average Bonchev–Trinajstić information content (AvgIpc) is 3.35. The predicted molar refractivity (Wildman–Crippen MR) is 110 cm³/mol. The van der Waals surface area contributed by atoms with E-state index in [0.717, 1.165) is 32.9 Å². The van der Waals surface area contributed by atoms with Gasteiger partial charge < -0.3 is 10.6 Å². The van der Waals surface area contributed by atoms with Crippen molar-refractivity contribution >= 4 is 45.5 Å². The molecule has 136 valence electrons. The highest BCUT2D eigenvalue weighted by Gasteiger charge is 2.18. The van der Waals surface area contributed by atoms with Crippen molar-refractivity contribution in [2.45, 2.75) is 23.7 Å². The first-order chi connectivity index (χ1) is 12.8. The Morgan fingerprint density at radius 2 is 2.04 bits per heavy atom. The number of carbonyl (C=O) groups is 1. The van der Waals surface area contributed by atoms with Crippen LogP contribution in [0.5, 0.6) is 0 Å². The van der Waals surface area contributed by atoms with E-state index in [9.17, 15) is 4.79 Å². The number of nitrogens with zero attached hydrogens (tertiary/aromatic N) is 2. The maximum absolute atomic E-state index is 12.5. The van der Waals surface area contributed by atoms with Crippen LogP contribution in [0, 0.1) is 0 Å². The van der Waals surface area contributed by atoms with Crippen LogP contribution >= 0.6 is 34.4 Å². The molecule has 1 atom stereocenters. The summed E-state index contributed by atoms with van der Waals surface area (Å²) in [7, 11) is 0. The molecule has 2 N–H and O–H groups in total. The number of hydrogen-bond acceptors (Lipinski definition) is 7. The second-order valence-electron chi connectivity index (χ2n) is 5.52. The molecular weight excluding hydrogens is 384 g/mol. The van der Waals surface area contributed by atoms with Crippen LogP contribution in [0.25, 0.3) is 0 Å². The number of carbonyl (C=O) groups excluding carboxylic acids is 1. The second kappa shape index (κ2) is 9.70. The first-order valence-corrected chi connectivity index (χ1v) is 11.0. The van der Waals surface area contributed by atoms with Crippen LogP contribution in [0.4, 0.5) is 5.13 Å². The summed E-state index contributed by atoms with van der Waals surface area (Å²) in [5, 5.41) is 17.4.